The van der Waals surface area contributed by atoms with E-state index in [4.69, 9.17) is 0 Å². The number of aromatic nitrogens is 3. The first-order chi connectivity index (χ1) is 11.0. The number of thioether (sulfide) groups is 1. The molecule has 0 fully saturated rings. The van der Waals surface area contributed by atoms with Gasteiger partial charge in [-0.2, -0.15) is 0 Å². The number of aryl methyl sites for hydroxylation is 2. The van der Waals surface area contributed by atoms with Gasteiger partial charge in [-0.3, -0.25) is 4.98 Å². The molecule has 0 spiro atoms. The van der Waals surface area contributed by atoms with E-state index in [0.717, 1.165) is 27.6 Å². The molecule has 0 aliphatic carbocycles. The van der Waals surface area contributed by atoms with Crippen molar-refractivity contribution in [3.63, 3.8) is 0 Å². The zero-order chi connectivity index (χ0) is 16.6. The third-order valence-corrected chi connectivity index (χ3v) is 4.87. The van der Waals surface area contributed by atoms with Crippen molar-refractivity contribution < 1.29 is 0 Å². The highest BCUT2D eigenvalue weighted by molar-refractivity contribution is 7.98. The molecule has 0 aliphatic heterocycles. The normalized spacial score (nSPS) is 11.2. The van der Waals surface area contributed by atoms with E-state index in [-0.39, 0.29) is 0 Å². The minimum absolute atomic E-state index is 0.811. The number of imidazole rings is 1. The molecular formula is C18H22N4S. The Morgan fingerprint density at radius 3 is 2.70 bits per heavy atom. The smallest absolute Gasteiger partial charge is 0.166 e. The average Bonchev–Trinajstić information content (AvgIpc) is 2.88. The Hall–Kier alpha value is -2.01. The van der Waals surface area contributed by atoms with E-state index in [1.807, 2.05) is 6.20 Å². The van der Waals surface area contributed by atoms with Crippen molar-refractivity contribution in [2.45, 2.75) is 31.7 Å². The van der Waals surface area contributed by atoms with Gasteiger partial charge in [0, 0.05) is 31.7 Å². The number of fused-ring (bicyclic) bond motifs is 1. The van der Waals surface area contributed by atoms with Crippen molar-refractivity contribution in [2.75, 3.05) is 19.0 Å². The number of rotatable bonds is 4. The Morgan fingerprint density at radius 2 is 1.96 bits per heavy atom. The number of hydrogen-bond acceptors (Lipinski definition) is 4. The summed E-state index contributed by atoms with van der Waals surface area (Å²) in [6, 6.07) is 6.29. The van der Waals surface area contributed by atoms with Crippen LogP contribution in [0.2, 0.25) is 0 Å². The van der Waals surface area contributed by atoms with Crippen LogP contribution in [0.5, 0.6) is 0 Å². The first-order valence-corrected chi connectivity index (χ1v) is 8.66. The molecule has 3 aromatic rings. The number of benzene rings is 1. The summed E-state index contributed by atoms with van der Waals surface area (Å²) in [5, 5.41) is 0.943. The SMILES string of the molecule is Cc1ccc2[nH]c(SCc3ncc(C)c(N(C)C)c3C)nc2c1. The number of nitrogens with zero attached hydrogens (tertiary/aromatic N) is 3. The maximum atomic E-state index is 4.66. The molecular weight excluding hydrogens is 304 g/mol. The molecule has 0 saturated carbocycles. The van der Waals surface area contributed by atoms with Crippen LogP contribution in [0, 0.1) is 20.8 Å². The summed E-state index contributed by atoms with van der Waals surface area (Å²) < 4.78 is 0. The number of anilines is 1. The molecule has 0 atom stereocenters. The number of aromatic amines is 1. The van der Waals surface area contributed by atoms with Crippen LogP contribution in [0.1, 0.15) is 22.4 Å². The number of pyridine rings is 1. The molecule has 0 amide bonds. The van der Waals surface area contributed by atoms with Crippen molar-refractivity contribution in [1.82, 2.24) is 15.0 Å². The number of nitrogens with one attached hydrogen (secondary N) is 1. The molecule has 0 aliphatic rings. The summed E-state index contributed by atoms with van der Waals surface area (Å²) in [5.41, 5.74) is 8.16. The van der Waals surface area contributed by atoms with Gasteiger partial charge in [0.05, 0.1) is 16.7 Å². The average molecular weight is 326 g/mol. The molecule has 5 heteroatoms. The van der Waals surface area contributed by atoms with Gasteiger partial charge in [0.25, 0.3) is 0 Å². The quantitative estimate of drug-likeness (QED) is 0.728. The molecule has 4 nitrogen and oxygen atoms in total. The Bertz CT molecular complexity index is 852. The molecule has 0 unspecified atom stereocenters. The molecule has 0 saturated heterocycles. The Kier molecular flexibility index (Phi) is 4.31. The Labute approximate surface area is 141 Å². The van der Waals surface area contributed by atoms with Gasteiger partial charge in [-0.05, 0) is 49.6 Å². The molecule has 1 aromatic carbocycles. The minimum atomic E-state index is 0.811. The summed E-state index contributed by atoms with van der Waals surface area (Å²) in [6.07, 6.45) is 1.96. The van der Waals surface area contributed by atoms with E-state index < -0.39 is 0 Å². The molecule has 0 bridgehead atoms. The first kappa shape index (κ1) is 15.9. The highest BCUT2D eigenvalue weighted by Crippen LogP contribution is 2.29. The van der Waals surface area contributed by atoms with Gasteiger partial charge in [-0.1, -0.05) is 17.8 Å². The van der Waals surface area contributed by atoms with E-state index in [0.29, 0.717) is 0 Å². The van der Waals surface area contributed by atoms with Crippen molar-refractivity contribution in [3.05, 3.63) is 46.8 Å². The van der Waals surface area contributed by atoms with Crippen molar-refractivity contribution in [3.8, 4) is 0 Å². The van der Waals surface area contributed by atoms with Crippen molar-refractivity contribution in [1.29, 1.82) is 0 Å². The van der Waals surface area contributed by atoms with Gasteiger partial charge < -0.3 is 9.88 Å². The second-order valence-electron chi connectivity index (χ2n) is 6.11. The molecule has 2 aromatic heterocycles. The van der Waals surface area contributed by atoms with Crippen LogP contribution in [0.3, 0.4) is 0 Å². The largest absolute Gasteiger partial charge is 0.377 e. The molecule has 1 N–H and O–H groups in total. The Morgan fingerprint density at radius 1 is 1.17 bits per heavy atom. The number of H-pyrrole nitrogens is 1. The zero-order valence-electron chi connectivity index (χ0n) is 14.3. The van der Waals surface area contributed by atoms with Gasteiger partial charge >= 0.3 is 0 Å². The van der Waals surface area contributed by atoms with Gasteiger partial charge in [0.15, 0.2) is 5.16 Å². The van der Waals surface area contributed by atoms with Crippen LogP contribution >= 0.6 is 11.8 Å². The highest BCUT2D eigenvalue weighted by atomic mass is 32.2. The fraction of sp³-hybridized carbons (Fsp3) is 0.333. The highest BCUT2D eigenvalue weighted by Gasteiger charge is 2.12. The lowest BCUT2D eigenvalue weighted by atomic mass is 10.1. The summed E-state index contributed by atoms with van der Waals surface area (Å²) >= 11 is 1.70. The van der Waals surface area contributed by atoms with Crippen LogP contribution in [0.4, 0.5) is 5.69 Å². The van der Waals surface area contributed by atoms with E-state index >= 15 is 0 Å². The molecule has 0 radical (unpaired) electrons. The van der Waals surface area contributed by atoms with Gasteiger partial charge in [0.1, 0.15) is 0 Å². The van der Waals surface area contributed by atoms with E-state index in [2.05, 4.69) is 72.9 Å². The zero-order valence-corrected chi connectivity index (χ0v) is 15.1. The summed E-state index contributed by atoms with van der Waals surface area (Å²) in [6.45, 7) is 6.34. The van der Waals surface area contributed by atoms with Crippen LogP contribution < -0.4 is 4.90 Å². The second-order valence-corrected chi connectivity index (χ2v) is 7.07. The standard InChI is InChI=1S/C18H22N4S/c1-11-6-7-14-15(8-11)21-18(20-14)23-10-16-13(3)17(22(4)5)12(2)9-19-16/h6-9H,10H2,1-5H3,(H,20,21). The second kappa shape index (κ2) is 6.24. The third-order valence-electron chi connectivity index (χ3n) is 3.99. The summed E-state index contributed by atoms with van der Waals surface area (Å²) in [5.74, 6) is 0.811. The fourth-order valence-corrected chi connectivity index (χ4v) is 3.81. The van der Waals surface area contributed by atoms with Gasteiger partial charge in [-0.15, -0.1) is 0 Å². The fourth-order valence-electron chi connectivity index (χ4n) is 2.90. The minimum Gasteiger partial charge on any atom is -0.377 e. The molecule has 120 valence electrons. The molecule has 23 heavy (non-hydrogen) atoms. The Balaban J connectivity index is 1.83. The predicted molar refractivity (Wildman–Crippen MR) is 98.4 cm³/mol. The van der Waals surface area contributed by atoms with Crippen molar-refractivity contribution in [2.24, 2.45) is 0 Å². The maximum Gasteiger partial charge on any atom is 0.166 e. The predicted octanol–water partition coefficient (Wildman–Crippen LogP) is 4.24. The van der Waals surface area contributed by atoms with Crippen molar-refractivity contribution >= 4 is 28.5 Å². The van der Waals surface area contributed by atoms with Gasteiger partial charge in [-0.25, -0.2) is 4.98 Å². The monoisotopic (exact) mass is 326 g/mol. The summed E-state index contributed by atoms with van der Waals surface area (Å²) in [4.78, 5) is 14.8. The van der Waals surface area contributed by atoms with E-state index in [1.54, 1.807) is 11.8 Å². The number of hydrogen-bond donors (Lipinski definition) is 1. The molecule has 3 rings (SSSR count). The van der Waals surface area contributed by atoms with Crippen LogP contribution in [0.25, 0.3) is 11.0 Å². The van der Waals surface area contributed by atoms with Crippen LogP contribution in [0.15, 0.2) is 29.6 Å². The van der Waals surface area contributed by atoms with E-state index in [1.165, 1.54) is 22.4 Å². The first-order valence-electron chi connectivity index (χ1n) is 7.67. The third kappa shape index (κ3) is 3.20. The summed E-state index contributed by atoms with van der Waals surface area (Å²) in [7, 11) is 4.15. The topological polar surface area (TPSA) is 44.8 Å². The lowest BCUT2D eigenvalue weighted by Crippen LogP contribution is -2.13. The van der Waals surface area contributed by atoms with Gasteiger partial charge in [0.2, 0.25) is 0 Å². The van der Waals surface area contributed by atoms with Crippen LogP contribution in [-0.4, -0.2) is 29.0 Å². The van der Waals surface area contributed by atoms with Crippen LogP contribution in [-0.2, 0) is 5.75 Å². The lowest BCUT2D eigenvalue weighted by Gasteiger charge is -2.20. The maximum absolute atomic E-state index is 4.66. The lowest BCUT2D eigenvalue weighted by molar-refractivity contribution is 1.03. The molecule has 2 heterocycles. The van der Waals surface area contributed by atoms with E-state index in [9.17, 15) is 0 Å².